The highest BCUT2D eigenvalue weighted by atomic mass is 32.2. The number of rotatable bonds is 4. The Morgan fingerprint density at radius 3 is 2.65 bits per heavy atom. The molecular weight excluding hydrogens is 244 g/mol. The molecule has 98 valence electrons. The molecule has 0 aromatic carbocycles. The monoisotopic (exact) mass is 262 g/mol. The fourth-order valence-corrected chi connectivity index (χ4v) is 2.27. The number of nitrogens with one attached hydrogen (secondary N) is 1. The SMILES string of the molecule is CN(CCS(C)(=O)=O)C(=O)C1CCC(=O)NC1. The van der Waals surface area contributed by atoms with Crippen molar-refractivity contribution in [1.29, 1.82) is 0 Å². The van der Waals surface area contributed by atoms with Gasteiger partial charge >= 0.3 is 0 Å². The van der Waals surface area contributed by atoms with Gasteiger partial charge in [-0.15, -0.1) is 0 Å². The van der Waals surface area contributed by atoms with Gasteiger partial charge in [0.05, 0.1) is 11.7 Å². The Balaban J connectivity index is 2.44. The van der Waals surface area contributed by atoms with Gasteiger partial charge in [-0.25, -0.2) is 8.42 Å². The zero-order valence-corrected chi connectivity index (χ0v) is 10.9. The van der Waals surface area contributed by atoms with Gasteiger partial charge in [-0.2, -0.15) is 0 Å². The summed E-state index contributed by atoms with van der Waals surface area (Å²) in [5, 5.41) is 2.64. The molecule has 0 radical (unpaired) electrons. The van der Waals surface area contributed by atoms with E-state index in [0.29, 0.717) is 19.4 Å². The predicted molar refractivity (Wildman–Crippen MR) is 63.1 cm³/mol. The molecule has 1 N–H and O–H groups in total. The normalized spacial score (nSPS) is 20.8. The average molecular weight is 262 g/mol. The minimum absolute atomic E-state index is 0.0334. The van der Waals surface area contributed by atoms with E-state index in [1.807, 2.05) is 0 Å². The number of nitrogens with zero attached hydrogens (tertiary/aromatic N) is 1. The molecule has 17 heavy (non-hydrogen) atoms. The maximum Gasteiger partial charge on any atom is 0.227 e. The van der Waals surface area contributed by atoms with Gasteiger partial charge in [0.2, 0.25) is 11.8 Å². The molecule has 1 unspecified atom stereocenters. The largest absolute Gasteiger partial charge is 0.355 e. The zero-order chi connectivity index (χ0) is 13.1. The molecule has 1 aliphatic rings. The molecule has 1 heterocycles. The van der Waals surface area contributed by atoms with Gasteiger partial charge in [-0.3, -0.25) is 9.59 Å². The molecule has 1 rings (SSSR count). The van der Waals surface area contributed by atoms with Crippen molar-refractivity contribution >= 4 is 21.7 Å². The Kier molecular flexibility index (Phi) is 4.50. The lowest BCUT2D eigenvalue weighted by Gasteiger charge is -2.26. The van der Waals surface area contributed by atoms with Crippen LogP contribution in [0.25, 0.3) is 0 Å². The first-order chi connectivity index (χ1) is 7.79. The lowest BCUT2D eigenvalue weighted by atomic mass is 9.98. The zero-order valence-electron chi connectivity index (χ0n) is 10.1. The van der Waals surface area contributed by atoms with Crippen molar-refractivity contribution in [3.05, 3.63) is 0 Å². The summed E-state index contributed by atoms with van der Waals surface area (Å²) in [6.07, 6.45) is 2.04. The lowest BCUT2D eigenvalue weighted by Crippen LogP contribution is -2.44. The molecule has 0 bridgehead atoms. The third-order valence-electron chi connectivity index (χ3n) is 2.79. The second-order valence-electron chi connectivity index (χ2n) is 4.43. The molecule has 0 aromatic heterocycles. The smallest absolute Gasteiger partial charge is 0.227 e. The van der Waals surface area contributed by atoms with Crippen molar-refractivity contribution in [2.45, 2.75) is 12.8 Å². The summed E-state index contributed by atoms with van der Waals surface area (Å²) in [7, 11) is -1.47. The van der Waals surface area contributed by atoms with E-state index >= 15 is 0 Å². The van der Waals surface area contributed by atoms with E-state index in [2.05, 4.69) is 5.32 Å². The molecule has 1 atom stereocenters. The van der Waals surface area contributed by atoms with Crippen LogP contribution < -0.4 is 5.32 Å². The van der Waals surface area contributed by atoms with Crippen LogP contribution in [0.15, 0.2) is 0 Å². The minimum Gasteiger partial charge on any atom is -0.355 e. The average Bonchev–Trinajstić information content (AvgIpc) is 2.25. The minimum atomic E-state index is -3.06. The molecule has 0 spiro atoms. The summed E-state index contributed by atoms with van der Waals surface area (Å²) in [5.74, 6) is -0.396. The van der Waals surface area contributed by atoms with Gasteiger partial charge in [-0.1, -0.05) is 0 Å². The molecular formula is C10H18N2O4S. The van der Waals surface area contributed by atoms with Crippen molar-refractivity contribution in [2.24, 2.45) is 5.92 Å². The molecule has 1 fully saturated rings. The Labute approximate surface area is 101 Å². The van der Waals surface area contributed by atoms with Crippen molar-refractivity contribution in [3.8, 4) is 0 Å². The van der Waals surface area contributed by atoms with Crippen LogP contribution in [0.3, 0.4) is 0 Å². The van der Waals surface area contributed by atoms with E-state index in [4.69, 9.17) is 0 Å². The number of hydrogen-bond donors (Lipinski definition) is 1. The van der Waals surface area contributed by atoms with Crippen LogP contribution >= 0.6 is 0 Å². The predicted octanol–water partition coefficient (Wildman–Crippen LogP) is -0.984. The summed E-state index contributed by atoms with van der Waals surface area (Å²) in [5.41, 5.74) is 0. The summed E-state index contributed by atoms with van der Waals surface area (Å²) < 4.78 is 22.0. The molecule has 2 amide bonds. The topological polar surface area (TPSA) is 83.6 Å². The van der Waals surface area contributed by atoms with Crippen molar-refractivity contribution in [1.82, 2.24) is 10.2 Å². The maximum atomic E-state index is 11.9. The quantitative estimate of drug-likeness (QED) is 0.705. The van der Waals surface area contributed by atoms with Gasteiger partial charge in [0.25, 0.3) is 0 Å². The number of carbonyl (C=O) groups excluding carboxylic acids is 2. The number of carbonyl (C=O) groups is 2. The first-order valence-corrected chi connectivity index (χ1v) is 7.55. The Bertz CT molecular complexity index is 395. The van der Waals surface area contributed by atoms with Crippen LogP contribution in [0, 0.1) is 5.92 Å². The van der Waals surface area contributed by atoms with E-state index in [-0.39, 0.29) is 30.0 Å². The number of amides is 2. The second-order valence-corrected chi connectivity index (χ2v) is 6.69. The molecule has 1 saturated heterocycles. The Hall–Kier alpha value is -1.11. The van der Waals surface area contributed by atoms with Gasteiger partial charge in [0.1, 0.15) is 9.84 Å². The summed E-state index contributed by atoms with van der Waals surface area (Å²) in [4.78, 5) is 24.3. The van der Waals surface area contributed by atoms with Gasteiger partial charge in [0, 0.05) is 32.8 Å². The number of piperidine rings is 1. The fourth-order valence-electron chi connectivity index (χ4n) is 1.67. The van der Waals surface area contributed by atoms with Gasteiger partial charge in [-0.05, 0) is 6.42 Å². The van der Waals surface area contributed by atoms with E-state index in [9.17, 15) is 18.0 Å². The molecule has 0 aromatic rings. The number of hydrogen-bond acceptors (Lipinski definition) is 4. The lowest BCUT2D eigenvalue weighted by molar-refractivity contribution is -0.136. The van der Waals surface area contributed by atoms with Crippen LogP contribution in [0.2, 0.25) is 0 Å². The standard InChI is InChI=1S/C10H18N2O4S/c1-12(5-6-17(2,15)16)10(14)8-3-4-9(13)11-7-8/h8H,3-7H2,1-2H3,(H,11,13). The highest BCUT2D eigenvalue weighted by Gasteiger charge is 2.26. The van der Waals surface area contributed by atoms with E-state index in [0.717, 1.165) is 6.26 Å². The highest BCUT2D eigenvalue weighted by molar-refractivity contribution is 7.90. The van der Waals surface area contributed by atoms with E-state index < -0.39 is 9.84 Å². The summed E-state index contributed by atoms with van der Waals surface area (Å²) in [6, 6.07) is 0. The Morgan fingerprint density at radius 2 is 2.18 bits per heavy atom. The molecule has 0 saturated carbocycles. The molecule has 7 heteroatoms. The Morgan fingerprint density at radius 1 is 1.53 bits per heavy atom. The maximum absolute atomic E-state index is 11.9. The van der Waals surface area contributed by atoms with Crippen molar-refractivity contribution in [3.63, 3.8) is 0 Å². The first kappa shape index (κ1) is 14.0. The van der Waals surface area contributed by atoms with Crippen LogP contribution in [0.4, 0.5) is 0 Å². The third-order valence-corrected chi connectivity index (χ3v) is 3.71. The van der Waals surface area contributed by atoms with E-state index in [1.54, 1.807) is 7.05 Å². The van der Waals surface area contributed by atoms with Gasteiger partial charge < -0.3 is 10.2 Å². The van der Waals surface area contributed by atoms with Crippen LogP contribution in [-0.2, 0) is 19.4 Å². The van der Waals surface area contributed by atoms with E-state index in [1.165, 1.54) is 4.90 Å². The molecule has 6 nitrogen and oxygen atoms in total. The van der Waals surface area contributed by atoms with Crippen molar-refractivity contribution < 1.29 is 18.0 Å². The van der Waals surface area contributed by atoms with Gasteiger partial charge in [0.15, 0.2) is 0 Å². The number of sulfone groups is 1. The highest BCUT2D eigenvalue weighted by Crippen LogP contribution is 2.13. The van der Waals surface area contributed by atoms with Crippen molar-refractivity contribution in [2.75, 3.05) is 32.1 Å². The summed E-state index contributed by atoms with van der Waals surface area (Å²) >= 11 is 0. The third kappa shape index (κ3) is 4.72. The first-order valence-electron chi connectivity index (χ1n) is 5.49. The van der Waals surface area contributed by atoms with Crippen LogP contribution in [0.5, 0.6) is 0 Å². The fraction of sp³-hybridized carbons (Fsp3) is 0.800. The second kappa shape index (κ2) is 5.48. The molecule has 1 aliphatic heterocycles. The molecule has 0 aliphatic carbocycles. The summed E-state index contributed by atoms with van der Waals surface area (Å²) in [6.45, 7) is 0.545. The van der Waals surface area contributed by atoms with Crippen LogP contribution in [-0.4, -0.2) is 57.3 Å². The van der Waals surface area contributed by atoms with Crippen LogP contribution in [0.1, 0.15) is 12.8 Å².